The van der Waals surface area contributed by atoms with E-state index in [0.717, 1.165) is 6.42 Å². The molecule has 0 saturated carbocycles. The molecule has 0 bridgehead atoms. The van der Waals surface area contributed by atoms with E-state index in [1.807, 2.05) is 0 Å². The van der Waals surface area contributed by atoms with Crippen molar-refractivity contribution < 1.29 is 9.59 Å². The van der Waals surface area contributed by atoms with Crippen LogP contribution in [0.2, 0.25) is 0 Å². The summed E-state index contributed by atoms with van der Waals surface area (Å²) in [6.07, 6.45) is 4.15. The quantitative estimate of drug-likeness (QED) is 0.889. The maximum Gasteiger partial charge on any atom is 0.338 e. The molecule has 0 spiro atoms. The average Bonchev–Trinajstić information content (AvgIpc) is 2.98. The van der Waals surface area contributed by atoms with Crippen LogP contribution in [0.25, 0.3) is 11.5 Å². The maximum absolute atomic E-state index is 12.5. The fraction of sp³-hybridized carbons (Fsp3) is 0.400. The van der Waals surface area contributed by atoms with Gasteiger partial charge in [-0.3, -0.25) is 14.9 Å². The van der Waals surface area contributed by atoms with Crippen LogP contribution < -0.4 is 5.43 Å². The number of carbonyl (C=O) groups excluding carboxylic acids is 2. The Morgan fingerprint density at radius 1 is 1.29 bits per heavy atom. The van der Waals surface area contributed by atoms with Crippen LogP contribution >= 0.6 is 0 Å². The van der Waals surface area contributed by atoms with Gasteiger partial charge in [0.05, 0.1) is 0 Å². The molecule has 1 saturated heterocycles. The van der Waals surface area contributed by atoms with E-state index in [9.17, 15) is 9.59 Å². The number of aryl methyl sites for hydroxylation is 2. The second-order valence-electron chi connectivity index (χ2n) is 5.75. The monoisotopic (exact) mass is 329 g/mol. The zero-order valence-electron chi connectivity index (χ0n) is 13.9. The highest BCUT2D eigenvalue weighted by molar-refractivity contribution is 5.95. The lowest BCUT2D eigenvalue weighted by molar-refractivity contribution is 0.0732. The van der Waals surface area contributed by atoms with Crippen molar-refractivity contribution >= 4 is 11.9 Å². The van der Waals surface area contributed by atoms with Crippen LogP contribution in [0.5, 0.6) is 0 Å². The van der Waals surface area contributed by atoms with Crippen LogP contribution in [0.3, 0.4) is 0 Å². The smallest absolute Gasteiger partial charge is 0.326 e. The van der Waals surface area contributed by atoms with Gasteiger partial charge < -0.3 is 4.90 Å². The number of rotatable bonds is 3. The lowest BCUT2D eigenvalue weighted by atomic mass is 10.2. The van der Waals surface area contributed by atoms with Crippen molar-refractivity contribution in [2.24, 2.45) is 7.05 Å². The molecule has 3 heterocycles. The first-order valence-electron chi connectivity index (χ1n) is 7.63. The minimum absolute atomic E-state index is 0.228. The molecule has 9 heteroatoms. The summed E-state index contributed by atoms with van der Waals surface area (Å²) in [6.45, 7) is 2.91. The van der Waals surface area contributed by atoms with Crippen molar-refractivity contribution in [1.82, 2.24) is 35.1 Å². The molecule has 9 nitrogen and oxygen atoms in total. The lowest BCUT2D eigenvalue weighted by Gasteiger charge is -2.33. The Hall–Kier alpha value is -2.97. The van der Waals surface area contributed by atoms with E-state index in [4.69, 9.17) is 0 Å². The van der Waals surface area contributed by atoms with E-state index in [0.29, 0.717) is 30.2 Å². The second-order valence-corrected chi connectivity index (χ2v) is 5.75. The lowest BCUT2D eigenvalue weighted by Crippen LogP contribution is -2.55. The molecule has 2 aromatic heterocycles. The zero-order valence-corrected chi connectivity index (χ0v) is 13.9. The van der Waals surface area contributed by atoms with Crippen LogP contribution in [-0.4, -0.2) is 61.7 Å². The Kier molecular flexibility index (Phi) is 4.15. The van der Waals surface area contributed by atoms with Gasteiger partial charge in [-0.2, -0.15) is 5.10 Å². The molecule has 0 aliphatic carbocycles. The van der Waals surface area contributed by atoms with Gasteiger partial charge in [-0.25, -0.2) is 19.8 Å². The topological polar surface area (TPSA) is 96.2 Å². The van der Waals surface area contributed by atoms with Gasteiger partial charge in [0.25, 0.3) is 5.91 Å². The molecule has 3 rings (SSSR count). The summed E-state index contributed by atoms with van der Waals surface area (Å²) in [4.78, 5) is 34.7. The molecule has 24 heavy (non-hydrogen) atoms. The Bertz CT molecular complexity index is 786. The van der Waals surface area contributed by atoms with E-state index >= 15 is 0 Å². The fourth-order valence-electron chi connectivity index (χ4n) is 2.47. The van der Waals surface area contributed by atoms with E-state index in [-0.39, 0.29) is 11.7 Å². The summed E-state index contributed by atoms with van der Waals surface area (Å²) in [7, 11) is 3.50. The number of urea groups is 1. The third-order valence-corrected chi connectivity index (χ3v) is 3.80. The summed E-state index contributed by atoms with van der Waals surface area (Å²) < 4.78 is 1.64. The molecule has 1 aliphatic rings. The van der Waals surface area contributed by atoms with Crippen molar-refractivity contribution in [2.75, 3.05) is 20.1 Å². The average molecular weight is 329 g/mol. The van der Waals surface area contributed by atoms with E-state index < -0.39 is 5.91 Å². The number of amides is 3. The standard InChI is InChI=1S/C15H19N7O2/c1-10-9-16-13(11-5-8-21(3)18-11)17-12(10)14(23)19-22-7-4-6-20(2)15(22)24/h5,8-9H,4,6-7H2,1-3H3,(H,19,23). The van der Waals surface area contributed by atoms with Crippen molar-refractivity contribution in [3.8, 4) is 11.5 Å². The second kappa shape index (κ2) is 6.26. The Balaban J connectivity index is 1.83. The first-order valence-corrected chi connectivity index (χ1v) is 7.63. The first-order chi connectivity index (χ1) is 11.5. The molecule has 3 amide bonds. The zero-order chi connectivity index (χ0) is 17.3. The normalized spacial score (nSPS) is 14.9. The molecule has 1 N–H and O–H groups in total. The number of hydrogen-bond donors (Lipinski definition) is 1. The third kappa shape index (κ3) is 3.05. The van der Waals surface area contributed by atoms with Crippen LogP contribution in [0.4, 0.5) is 4.79 Å². The summed E-state index contributed by atoms with van der Waals surface area (Å²) in [5.74, 6) is -0.0656. The summed E-state index contributed by atoms with van der Waals surface area (Å²) in [5.41, 5.74) is 4.07. The summed E-state index contributed by atoms with van der Waals surface area (Å²) in [6, 6.07) is 1.54. The highest BCUT2D eigenvalue weighted by Gasteiger charge is 2.25. The highest BCUT2D eigenvalue weighted by atomic mass is 16.2. The van der Waals surface area contributed by atoms with Crippen LogP contribution in [0.15, 0.2) is 18.5 Å². The molecule has 0 atom stereocenters. The first kappa shape index (κ1) is 15.9. The van der Waals surface area contributed by atoms with Crippen LogP contribution in [0.1, 0.15) is 22.5 Å². The molecule has 0 radical (unpaired) electrons. The van der Waals surface area contributed by atoms with Crippen molar-refractivity contribution in [2.45, 2.75) is 13.3 Å². The van der Waals surface area contributed by atoms with E-state index in [2.05, 4.69) is 20.5 Å². The van der Waals surface area contributed by atoms with E-state index in [1.165, 1.54) is 5.01 Å². The maximum atomic E-state index is 12.5. The number of carbonyl (C=O) groups is 2. The molecular formula is C15H19N7O2. The van der Waals surface area contributed by atoms with Gasteiger partial charge in [0.15, 0.2) is 5.82 Å². The number of aromatic nitrogens is 4. The molecule has 0 aromatic carbocycles. The summed E-state index contributed by atoms with van der Waals surface area (Å²) in [5, 5.41) is 5.55. The minimum atomic E-state index is -0.435. The largest absolute Gasteiger partial charge is 0.338 e. The van der Waals surface area contributed by atoms with Gasteiger partial charge in [0, 0.05) is 39.6 Å². The van der Waals surface area contributed by atoms with Gasteiger partial charge in [-0.15, -0.1) is 0 Å². The number of nitrogens with one attached hydrogen (secondary N) is 1. The highest BCUT2D eigenvalue weighted by Crippen LogP contribution is 2.14. The van der Waals surface area contributed by atoms with Gasteiger partial charge in [0.1, 0.15) is 11.4 Å². The third-order valence-electron chi connectivity index (χ3n) is 3.80. The van der Waals surface area contributed by atoms with Gasteiger partial charge in [-0.1, -0.05) is 0 Å². The molecule has 2 aromatic rings. The Morgan fingerprint density at radius 2 is 2.08 bits per heavy atom. The van der Waals surface area contributed by atoms with Gasteiger partial charge in [-0.05, 0) is 25.0 Å². The molecule has 0 unspecified atom stereocenters. The number of hydrogen-bond acceptors (Lipinski definition) is 5. The van der Waals surface area contributed by atoms with Gasteiger partial charge >= 0.3 is 6.03 Å². The van der Waals surface area contributed by atoms with Crippen molar-refractivity contribution in [3.63, 3.8) is 0 Å². The number of nitrogens with zero attached hydrogens (tertiary/aromatic N) is 6. The van der Waals surface area contributed by atoms with Crippen molar-refractivity contribution in [3.05, 3.63) is 29.7 Å². The molecule has 126 valence electrons. The molecule has 1 fully saturated rings. The molecule has 1 aliphatic heterocycles. The SMILES string of the molecule is Cc1cnc(-c2ccn(C)n2)nc1C(=O)NN1CCCN(C)C1=O. The predicted molar refractivity (Wildman–Crippen MR) is 85.8 cm³/mol. The Morgan fingerprint density at radius 3 is 2.79 bits per heavy atom. The van der Waals surface area contributed by atoms with Crippen LogP contribution in [0, 0.1) is 6.92 Å². The summed E-state index contributed by atoms with van der Waals surface area (Å²) >= 11 is 0. The Labute approximate surface area is 139 Å². The predicted octanol–water partition coefficient (Wildman–Crippen LogP) is 0.588. The minimum Gasteiger partial charge on any atom is -0.326 e. The van der Waals surface area contributed by atoms with Crippen LogP contribution in [-0.2, 0) is 7.05 Å². The van der Waals surface area contributed by atoms with Gasteiger partial charge in [0.2, 0.25) is 0 Å². The van der Waals surface area contributed by atoms with Crippen molar-refractivity contribution in [1.29, 1.82) is 0 Å². The number of hydrazine groups is 1. The van der Waals surface area contributed by atoms with E-state index in [1.54, 1.807) is 49.1 Å². The fourth-order valence-corrected chi connectivity index (χ4v) is 2.47. The molecular weight excluding hydrogens is 310 g/mol.